The van der Waals surface area contributed by atoms with Crippen molar-refractivity contribution < 1.29 is 15.1 Å². The lowest BCUT2D eigenvalue weighted by atomic mass is 10.2. The smallest absolute Gasteiger partial charge is 0.269 e. The van der Waals surface area contributed by atoms with Crippen molar-refractivity contribution >= 4 is 22.7 Å². The maximum Gasteiger partial charge on any atom is 0.269 e. The van der Waals surface area contributed by atoms with Crippen molar-refractivity contribution in [2.24, 2.45) is 0 Å². The first kappa shape index (κ1) is 15.4. The molecular weight excluding hydrogens is 308 g/mol. The van der Waals surface area contributed by atoms with Gasteiger partial charge in [0.25, 0.3) is 5.69 Å². The third-order valence-electron chi connectivity index (χ3n) is 3.53. The van der Waals surface area contributed by atoms with Gasteiger partial charge in [0.2, 0.25) is 0 Å². The van der Waals surface area contributed by atoms with Crippen LogP contribution in [0.2, 0.25) is 0 Å². The molecule has 3 aromatic rings. The number of anilines is 3. The van der Waals surface area contributed by atoms with Crippen LogP contribution < -0.4 is 4.90 Å². The first-order valence-corrected chi connectivity index (χ1v) is 7.17. The van der Waals surface area contributed by atoms with E-state index < -0.39 is 4.92 Å². The van der Waals surface area contributed by atoms with Gasteiger partial charge in [-0.1, -0.05) is 0 Å². The number of aromatic hydroxyl groups is 2. The Kier molecular flexibility index (Phi) is 4.03. The van der Waals surface area contributed by atoms with Crippen LogP contribution in [0.3, 0.4) is 0 Å². The first-order valence-electron chi connectivity index (χ1n) is 7.17. The van der Waals surface area contributed by atoms with Gasteiger partial charge in [-0.2, -0.15) is 0 Å². The van der Waals surface area contributed by atoms with Crippen molar-refractivity contribution in [3.63, 3.8) is 0 Å². The van der Waals surface area contributed by atoms with E-state index in [1.165, 1.54) is 12.1 Å². The number of non-ortho nitro benzene ring substituents is 1. The minimum absolute atomic E-state index is 0.00936. The molecule has 0 atom stereocenters. The standard InChI is InChI=1S/C18H14N2O4/c21-17-9-5-14(6-10-17)19(15-7-11-18(22)12-8-15)13-1-3-16(4-2-13)20(23)24/h1-12,21-22H. The lowest BCUT2D eigenvalue weighted by Gasteiger charge is -2.25. The molecule has 2 N–H and O–H groups in total. The summed E-state index contributed by atoms with van der Waals surface area (Å²) in [4.78, 5) is 12.2. The Bertz CT molecular complexity index is 798. The molecule has 0 aliphatic carbocycles. The first-order chi connectivity index (χ1) is 11.5. The van der Waals surface area contributed by atoms with Crippen molar-refractivity contribution in [2.45, 2.75) is 0 Å². The van der Waals surface area contributed by atoms with E-state index in [9.17, 15) is 20.3 Å². The van der Waals surface area contributed by atoms with Gasteiger partial charge in [-0.15, -0.1) is 0 Å². The molecule has 0 saturated heterocycles. The van der Waals surface area contributed by atoms with Gasteiger partial charge in [0.15, 0.2) is 0 Å². The fraction of sp³-hybridized carbons (Fsp3) is 0. The van der Waals surface area contributed by atoms with E-state index in [-0.39, 0.29) is 17.2 Å². The van der Waals surface area contributed by atoms with Gasteiger partial charge in [-0.3, -0.25) is 10.1 Å². The van der Waals surface area contributed by atoms with Gasteiger partial charge in [0.05, 0.1) is 4.92 Å². The van der Waals surface area contributed by atoms with Gasteiger partial charge in [-0.05, 0) is 60.7 Å². The molecule has 0 radical (unpaired) electrons. The van der Waals surface area contributed by atoms with Crippen molar-refractivity contribution in [3.05, 3.63) is 82.9 Å². The van der Waals surface area contributed by atoms with Crippen molar-refractivity contribution in [2.75, 3.05) is 4.90 Å². The lowest BCUT2D eigenvalue weighted by molar-refractivity contribution is -0.384. The van der Waals surface area contributed by atoms with E-state index in [0.29, 0.717) is 0 Å². The molecule has 0 heterocycles. The second-order valence-electron chi connectivity index (χ2n) is 5.14. The molecule has 0 aromatic heterocycles. The lowest BCUT2D eigenvalue weighted by Crippen LogP contribution is -2.09. The summed E-state index contributed by atoms with van der Waals surface area (Å²) in [6.45, 7) is 0. The molecule has 0 fully saturated rings. The van der Waals surface area contributed by atoms with Crippen LogP contribution in [0.5, 0.6) is 11.5 Å². The van der Waals surface area contributed by atoms with Crippen LogP contribution in [-0.2, 0) is 0 Å². The highest BCUT2D eigenvalue weighted by atomic mass is 16.6. The maximum atomic E-state index is 10.8. The number of rotatable bonds is 4. The van der Waals surface area contributed by atoms with Crippen LogP contribution >= 0.6 is 0 Å². The Hall–Kier alpha value is -3.54. The summed E-state index contributed by atoms with van der Waals surface area (Å²) in [6, 6.07) is 19.4. The molecule has 0 aliphatic heterocycles. The van der Waals surface area contributed by atoms with Crippen molar-refractivity contribution in [1.29, 1.82) is 0 Å². The molecule has 0 amide bonds. The molecular formula is C18H14N2O4. The van der Waals surface area contributed by atoms with Crippen molar-refractivity contribution in [1.82, 2.24) is 0 Å². The molecule has 6 nitrogen and oxygen atoms in total. The van der Waals surface area contributed by atoms with Gasteiger partial charge < -0.3 is 15.1 Å². The molecule has 3 rings (SSSR count). The van der Waals surface area contributed by atoms with E-state index >= 15 is 0 Å². The van der Waals surface area contributed by atoms with Crippen LogP contribution in [0, 0.1) is 10.1 Å². The zero-order valence-corrected chi connectivity index (χ0v) is 12.5. The largest absolute Gasteiger partial charge is 0.508 e. The summed E-state index contributed by atoms with van der Waals surface area (Å²) < 4.78 is 0. The summed E-state index contributed by atoms with van der Waals surface area (Å²) in [5.41, 5.74) is 2.27. The molecule has 0 saturated carbocycles. The molecule has 0 unspecified atom stereocenters. The average Bonchev–Trinajstić information content (AvgIpc) is 2.59. The topological polar surface area (TPSA) is 86.8 Å². The number of phenolic OH excluding ortho intramolecular Hbond substituents is 2. The normalized spacial score (nSPS) is 10.3. The Morgan fingerprint density at radius 1 is 0.667 bits per heavy atom. The molecule has 3 aromatic carbocycles. The Morgan fingerprint density at radius 3 is 1.33 bits per heavy atom. The highest BCUT2D eigenvalue weighted by molar-refractivity contribution is 5.77. The van der Waals surface area contributed by atoms with Gasteiger partial charge in [-0.25, -0.2) is 0 Å². The van der Waals surface area contributed by atoms with E-state index in [0.717, 1.165) is 17.1 Å². The third kappa shape index (κ3) is 3.12. The number of nitro benzene ring substituents is 1. The van der Waals surface area contributed by atoms with Crippen molar-refractivity contribution in [3.8, 4) is 11.5 Å². The summed E-state index contributed by atoms with van der Waals surface area (Å²) in [7, 11) is 0. The molecule has 0 bridgehead atoms. The molecule has 0 aliphatic rings. The quantitative estimate of drug-likeness (QED) is 0.546. The highest BCUT2D eigenvalue weighted by Crippen LogP contribution is 2.36. The number of nitro groups is 1. The predicted octanol–water partition coefficient (Wildman–Crippen LogP) is 4.48. The van der Waals surface area contributed by atoms with Gasteiger partial charge in [0, 0.05) is 29.2 Å². The second-order valence-corrected chi connectivity index (χ2v) is 5.14. The number of hydrogen-bond donors (Lipinski definition) is 2. The van der Waals surface area contributed by atoms with Crippen LogP contribution in [0.4, 0.5) is 22.7 Å². The zero-order valence-electron chi connectivity index (χ0n) is 12.5. The Labute approximate surface area is 138 Å². The Morgan fingerprint density at radius 2 is 1.00 bits per heavy atom. The number of nitrogens with zero attached hydrogens (tertiary/aromatic N) is 2. The molecule has 120 valence electrons. The average molecular weight is 322 g/mol. The highest BCUT2D eigenvalue weighted by Gasteiger charge is 2.14. The van der Waals surface area contributed by atoms with E-state index in [4.69, 9.17) is 0 Å². The number of hydrogen-bond acceptors (Lipinski definition) is 5. The minimum atomic E-state index is -0.449. The van der Waals surface area contributed by atoms with E-state index in [1.807, 2.05) is 4.90 Å². The summed E-state index contributed by atoms with van der Waals surface area (Å²) in [5, 5.41) is 29.8. The van der Waals surface area contributed by atoms with Crippen LogP contribution in [0.15, 0.2) is 72.8 Å². The molecule has 6 heteroatoms. The predicted molar refractivity (Wildman–Crippen MR) is 91.1 cm³/mol. The monoisotopic (exact) mass is 322 g/mol. The number of phenols is 2. The molecule has 0 spiro atoms. The second kappa shape index (κ2) is 6.29. The number of benzene rings is 3. The van der Waals surface area contributed by atoms with Crippen LogP contribution in [0.25, 0.3) is 0 Å². The van der Waals surface area contributed by atoms with Gasteiger partial charge in [0.1, 0.15) is 11.5 Å². The maximum absolute atomic E-state index is 10.8. The van der Waals surface area contributed by atoms with Gasteiger partial charge >= 0.3 is 0 Å². The van der Waals surface area contributed by atoms with E-state index in [1.54, 1.807) is 60.7 Å². The fourth-order valence-electron chi connectivity index (χ4n) is 2.37. The summed E-state index contributed by atoms with van der Waals surface area (Å²) in [6.07, 6.45) is 0. The fourth-order valence-corrected chi connectivity index (χ4v) is 2.37. The summed E-state index contributed by atoms with van der Waals surface area (Å²) in [5.74, 6) is 0.293. The Balaban J connectivity index is 2.08. The zero-order chi connectivity index (χ0) is 17.1. The SMILES string of the molecule is O=[N+]([O-])c1ccc(N(c2ccc(O)cc2)c2ccc(O)cc2)cc1. The molecule has 24 heavy (non-hydrogen) atoms. The minimum Gasteiger partial charge on any atom is -0.508 e. The third-order valence-corrected chi connectivity index (χ3v) is 3.53. The summed E-state index contributed by atoms with van der Waals surface area (Å²) >= 11 is 0. The van der Waals surface area contributed by atoms with Crippen LogP contribution in [0.1, 0.15) is 0 Å². The van der Waals surface area contributed by atoms with Crippen LogP contribution in [-0.4, -0.2) is 15.1 Å². The van der Waals surface area contributed by atoms with E-state index in [2.05, 4.69) is 0 Å².